The number of hydrogen-bond acceptors (Lipinski definition) is 6. The van der Waals surface area contributed by atoms with Crippen LogP contribution in [0.15, 0.2) is 24.3 Å². The van der Waals surface area contributed by atoms with Gasteiger partial charge >= 0.3 is 0 Å². The fraction of sp³-hybridized carbons (Fsp3) is 0.375. The van der Waals surface area contributed by atoms with Gasteiger partial charge in [0.25, 0.3) is 5.91 Å². The van der Waals surface area contributed by atoms with Crippen molar-refractivity contribution >= 4 is 40.4 Å². The molecule has 0 atom stereocenters. The van der Waals surface area contributed by atoms with Gasteiger partial charge in [0.1, 0.15) is 5.01 Å². The number of carbonyl (C=O) groups is 2. The van der Waals surface area contributed by atoms with Gasteiger partial charge in [-0.05, 0) is 24.6 Å². The van der Waals surface area contributed by atoms with Crippen molar-refractivity contribution in [1.29, 1.82) is 0 Å². The molecule has 2 aromatic rings. The van der Waals surface area contributed by atoms with E-state index < -0.39 is 0 Å². The number of halogens is 1. The molecule has 0 unspecified atom stereocenters. The summed E-state index contributed by atoms with van der Waals surface area (Å²) >= 11 is 7.05. The molecule has 7 nitrogen and oxygen atoms in total. The first kappa shape index (κ1) is 19.3. The Morgan fingerprint density at radius 3 is 2.92 bits per heavy atom. The second-order valence-electron chi connectivity index (χ2n) is 5.16. The van der Waals surface area contributed by atoms with Crippen molar-refractivity contribution in [3.8, 4) is 0 Å². The van der Waals surface area contributed by atoms with Crippen molar-refractivity contribution < 1.29 is 14.3 Å². The second-order valence-corrected chi connectivity index (χ2v) is 6.66. The Balaban J connectivity index is 1.79. The van der Waals surface area contributed by atoms with Crippen molar-refractivity contribution in [3.05, 3.63) is 39.3 Å². The molecule has 134 valence electrons. The van der Waals surface area contributed by atoms with Crippen LogP contribution in [-0.4, -0.2) is 42.3 Å². The highest BCUT2D eigenvalue weighted by molar-refractivity contribution is 7.13. The summed E-state index contributed by atoms with van der Waals surface area (Å²) in [6, 6.07) is 6.85. The SMILES string of the molecule is COCCCNC(=O)CCc1nnc(C(=O)Nc2cccc(Cl)c2)s1. The molecule has 2 amide bonds. The zero-order valence-electron chi connectivity index (χ0n) is 13.8. The number of rotatable bonds is 9. The first-order valence-electron chi connectivity index (χ1n) is 7.73. The summed E-state index contributed by atoms with van der Waals surface area (Å²) in [5.74, 6) is -0.411. The van der Waals surface area contributed by atoms with E-state index >= 15 is 0 Å². The lowest BCUT2D eigenvalue weighted by molar-refractivity contribution is -0.121. The maximum absolute atomic E-state index is 12.1. The van der Waals surface area contributed by atoms with Gasteiger partial charge in [0.15, 0.2) is 0 Å². The zero-order valence-corrected chi connectivity index (χ0v) is 15.3. The normalized spacial score (nSPS) is 10.5. The summed E-state index contributed by atoms with van der Waals surface area (Å²) in [5, 5.41) is 14.8. The third-order valence-corrected chi connectivity index (χ3v) is 4.37. The summed E-state index contributed by atoms with van der Waals surface area (Å²) in [7, 11) is 1.62. The average Bonchev–Trinajstić information content (AvgIpc) is 3.06. The van der Waals surface area contributed by atoms with E-state index in [1.54, 1.807) is 31.4 Å². The van der Waals surface area contributed by atoms with Gasteiger partial charge in [-0.3, -0.25) is 9.59 Å². The highest BCUT2D eigenvalue weighted by Gasteiger charge is 2.14. The van der Waals surface area contributed by atoms with Crippen molar-refractivity contribution in [3.63, 3.8) is 0 Å². The predicted molar refractivity (Wildman–Crippen MR) is 97.1 cm³/mol. The Hall–Kier alpha value is -2.03. The molecule has 0 fully saturated rings. The molecular weight excluding hydrogens is 364 g/mol. The van der Waals surface area contributed by atoms with E-state index in [-0.39, 0.29) is 16.8 Å². The summed E-state index contributed by atoms with van der Waals surface area (Å²) in [6.45, 7) is 1.19. The smallest absolute Gasteiger partial charge is 0.286 e. The van der Waals surface area contributed by atoms with Crippen LogP contribution in [0.3, 0.4) is 0 Å². The topological polar surface area (TPSA) is 93.2 Å². The molecule has 0 saturated heterocycles. The molecule has 2 N–H and O–H groups in total. The number of methoxy groups -OCH3 is 1. The third-order valence-electron chi connectivity index (χ3n) is 3.16. The molecule has 0 bridgehead atoms. The first-order valence-corrected chi connectivity index (χ1v) is 8.93. The van der Waals surface area contributed by atoms with E-state index in [1.165, 1.54) is 11.3 Å². The molecule has 1 aromatic carbocycles. The molecule has 25 heavy (non-hydrogen) atoms. The van der Waals surface area contributed by atoms with Crippen LogP contribution in [0.2, 0.25) is 5.02 Å². The molecule has 9 heteroatoms. The molecule has 0 radical (unpaired) electrons. The molecular formula is C16H19ClN4O3S. The monoisotopic (exact) mass is 382 g/mol. The van der Waals surface area contributed by atoms with Gasteiger partial charge in [-0.1, -0.05) is 29.0 Å². The number of ether oxygens (including phenoxy) is 1. The quantitative estimate of drug-likeness (QED) is 0.650. The van der Waals surface area contributed by atoms with Crippen LogP contribution in [0.5, 0.6) is 0 Å². The molecule has 1 aromatic heterocycles. The second kappa shape index (κ2) is 10.1. The minimum atomic E-state index is -0.352. The van der Waals surface area contributed by atoms with Crippen LogP contribution in [0.1, 0.15) is 27.7 Å². The van der Waals surface area contributed by atoms with E-state index in [0.29, 0.717) is 41.7 Å². The molecule has 0 aliphatic heterocycles. The Morgan fingerprint density at radius 1 is 1.32 bits per heavy atom. The molecule has 1 heterocycles. The van der Waals surface area contributed by atoms with Gasteiger partial charge < -0.3 is 15.4 Å². The summed E-state index contributed by atoms with van der Waals surface area (Å²) in [5.41, 5.74) is 0.588. The van der Waals surface area contributed by atoms with Crippen LogP contribution in [0.4, 0.5) is 5.69 Å². The maximum Gasteiger partial charge on any atom is 0.286 e. The van der Waals surface area contributed by atoms with Crippen LogP contribution >= 0.6 is 22.9 Å². The number of nitrogens with zero attached hydrogens (tertiary/aromatic N) is 2. The number of amides is 2. The van der Waals surface area contributed by atoms with E-state index in [2.05, 4.69) is 20.8 Å². The Kier molecular flexibility index (Phi) is 7.77. The van der Waals surface area contributed by atoms with E-state index in [0.717, 1.165) is 6.42 Å². The number of nitrogens with one attached hydrogen (secondary N) is 2. The van der Waals surface area contributed by atoms with Crippen LogP contribution in [0.25, 0.3) is 0 Å². The number of aryl methyl sites for hydroxylation is 1. The lowest BCUT2D eigenvalue weighted by atomic mass is 10.3. The van der Waals surface area contributed by atoms with Crippen molar-refractivity contribution in [2.75, 3.05) is 25.6 Å². The van der Waals surface area contributed by atoms with Gasteiger partial charge in [-0.25, -0.2) is 0 Å². The maximum atomic E-state index is 12.1. The molecule has 0 spiro atoms. The van der Waals surface area contributed by atoms with Gasteiger partial charge in [-0.2, -0.15) is 0 Å². The molecule has 0 saturated carbocycles. The largest absolute Gasteiger partial charge is 0.385 e. The standard InChI is InChI=1S/C16H19ClN4O3S/c1-24-9-3-8-18-13(22)6-7-14-20-21-16(25-14)15(23)19-12-5-2-4-11(17)10-12/h2,4-5,10H,3,6-9H2,1H3,(H,18,22)(H,19,23). The summed E-state index contributed by atoms with van der Waals surface area (Å²) in [6.07, 6.45) is 1.52. The molecule has 0 aliphatic carbocycles. The number of carbonyl (C=O) groups excluding carboxylic acids is 2. The number of benzene rings is 1. The molecule has 2 rings (SSSR count). The minimum absolute atomic E-state index is 0.0590. The van der Waals surface area contributed by atoms with E-state index in [9.17, 15) is 9.59 Å². The van der Waals surface area contributed by atoms with Gasteiger partial charge in [-0.15, -0.1) is 10.2 Å². The average molecular weight is 383 g/mol. The van der Waals surface area contributed by atoms with Crippen LogP contribution in [-0.2, 0) is 16.0 Å². The lowest BCUT2D eigenvalue weighted by Crippen LogP contribution is -2.25. The number of hydrogen-bond donors (Lipinski definition) is 2. The third kappa shape index (κ3) is 6.77. The fourth-order valence-electron chi connectivity index (χ4n) is 1.95. The fourth-order valence-corrected chi connectivity index (χ4v) is 2.87. The Bertz CT molecular complexity index is 723. The molecule has 0 aliphatic rings. The van der Waals surface area contributed by atoms with Crippen molar-refractivity contribution in [2.45, 2.75) is 19.3 Å². The zero-order chi connectivity index (χ0) is 18.1. The van der Waals surface area contributed by atoms with E-state index in [1.807, 2.05) is 0 Å². The number of anilines is 1. The van der Waals surface area contributed by atoms with E-state index in [4.69, 9.17) is 16.3 Å². The van der Waals surface area contributed by atoms with Crippen LogP contribution in [0, 0.1) is 0 Å². The predicted octanol–water partition coefficient (Wildman–Crippen LogP) is 2.53. The Labute approximate surface area is 154 Å². The summed E-state index contributed by atoms with van der Waals surface area (Å²) < 4.78 is 4.91. The lowest BCUT2D eigenvalue weighted by Gasteiger charge is -2.03. The summed E-state index contributed by atoms with van der Waals surface area (Å²) in [4.78, 5) is 23.8. The number of aromatic nitrogens is 2. The van der Waals surface area contributed by atoms with Crippen molar-refractivity contribution in [1.82, 2.24) is 15.5 Å². The van der Waals surface area contributed by atoms with Crippen molar-refractivity contribution in [2.24, 2.45) is 0 Å². The van der Waals surface area contributed by atoms with Gasteiger partial charge in [0.05, 0.1) is 0 Å². The van der Waals surface area contributed by atoms with Gasteiger partial charge in [0.2, 0.25) is 10.9 Å². The van der Waals surface area contributed by atoms with Gasteiger partial charge in [0, 0.05) is 43.8 Å². The highest BCUT2D eigenvalue weighted by atomic mass is 35.5. The highest BCUT2D eigenvalue weighted by Crippen LogP contribution is 2.17. The van der Waals surface area contributed by atoms with Crippen LogP contribution < -0.4 is 10.6 Å². The first-order chi connectivity index (χ1) is 12.1. The Morgan fingerprint density at radius 2 is 2.16 bits per heavy atom. The minimum Gasteiger partial charge on any atom is -0.385 e.